The van der Waals surface area contributed by atoms with E-state index < -0.39 is 4.92 Å². The number of aromatic nitrogens is 2. The third kappa shape index (κ3) is 4.60. The van der Waals surface area contributed by atoms with Crippen molar-refractivity contribution in [2.75, 3.05) is 12.4 Å². The number of nitro benzene ring substituents is 1. The standard InChI is InChI=1S/C21H22N4O4/c1-14-20(15(2)24(23-14)17-7-5-9-19(13-17)29-3)10-11-21(26)22-16-6-4-8-18(12-16)25(27)28/h4-9,12-13H,10-11H2,1-3H3,(H,22,26). The van der Waals surface area contributed by atoms with Gasteiger partial charge in [-0.15, -0.1) is 0 Å². The lowest BCUT2D eigenvalue weighted by Gasteiger charge is -2.08. The molecule has 0 atom stereocenters. The topological polar surface area (TPSA) is 99.3 Å². The van der Waals surface area contributed by atoms with E-state index in [4.69, 9.17) is 4.74 Å². The van der Waals surface area contributed by atoms with Crippen molar-refractivity contribution in [1.29, 1.82) is 0 Å². The summed E-state index contributed by atoms with van der Waals surface area (Å²) >= 11 is 0. The maximum absolute atomic E-state index is 12.3. The number of anilines is 1. The molecule has 150 valence electrons. The van der Waals surface area contributed by atoms with E-state index in [-0.39, 0.29) is 18.0 Å². The Morgan fingerprint density at radius 3 is 2.69 bits per heavy atom. The van der Waals surface area contributed by atoms with Gasteiger partial charge in [0.05, 0.1) is 23.4 Å². The van der Waals surface area contributed by atoms with Crippen LogP contribution in [0.2, 0.25) is 0 Å². The fourth-order valence-corrected chi connectivity index (χ4v) is 3.19. The van der Waals surface area contributed by atoms with E-state index in [0.717, 1.165) is 28.4 Å². The third-order valence-electron chi connectivity index (χ3n) is 4.68. The molecule has 0 bridgehead atoms. The van der Waals surface area contributed by atoms with E-state index in [1.165, 1.54) is 12.1 Å². The molecule has 0 saturated heterocycles. The maximum atomic E-state index is 12.3. The van der Waals surface area contributed by atoms with Crippen LogP contribution < -0.4 is 10.1 Å². The Morgan fingerprint density at radius 2 is 1.97 bits per heavy atom. The second-order valence-electron chi connectivity index (χ2n) is 6.62. The summed E-state index contributed by atoms with van der Waals surface area (Å²) in [7, 11) is 1.62. The van der Waals surface area contributed by atoms with Crippen LogP contribution in [-0.2, 0) is 11.2 Å². The summed E-state index contributed by atoms with van der Waals surface area (Å²) in [4.78, 5) is 22.7. The molecule has 1 aromatic heterocycles. The Bertz CT molecular complexity index is 1060. The van der Waals surface area contributed by atoms with Gasteiger partial charge in [-0.3, -0.25) is 14.9 Å². The first-order valence-electron chi connectivity index (χ1n) is 9.13. The number of nitro groups is 1. The number of non-ortho nitro benzene ring substituents is 1. The van der Waals surface area contributed by atoms with Gasteiger partial charge in [-0.2, -0.15) is 5.10 Å². The van der Waals surface area contributed by atoms with Crippen molar-refractivity contribution in [3.63, 3.8) is 0 Å². The number of aryl methyl sites for hydroxylation is 1. The van der Waals surface area contributed by atoms with Crippen molar-refractivity contribution in [1.82, 2.24) is 9.78 Å². The van der Waals surface area contributed by atoms with E-state index in [0.29, 0.717) is 12.1 Å². The minimum Gasteiger partial charge on any atom is -0.497 e. The fourth-order valence-electron chi connectivity index (χ4n) is 3.19. The van der Waals surface area contributed by atoms with Crippen LogP contribution in [0.25, 0.3) is 5.69 Å². The van der Waals surface area contributed by atoms with Gasteiger partial charge in [-0.1, -0.05) is 12.1 Å². The molecule has 0 radical (unpaired) electrons. The Morgan fingerprint density at radius 1 is 1.21 bits per heavy atom. The van der Waals surface area contributed by atoms with Crippen LogP contribution in [-0.4, -0.2) is 27.7 Å². The lowest BCUT2D eigenvalue weighted by Crippen LogP contribution is -2.13. The minimum atomic E-state index is -0.491. The number of carbonyl (C=O) groups excluding carboxylic acids is 1. The summed E-state index contributed by atoms with van der Waals surface area (Å²) in [5, 5.41) is 18.2. The molecule has 0 aliphatic carbocycles. The van der Waals surface area contributed by atoms with Crippen molar-refractivity contribution >= 4 is 17.3 Å². The highest BCUT2D eigenvalue weighted by Crippen LogP contribution is 2.23. The van der Waals surface area contributed by atoms with Crippen LogP contribution in [0.4, 0.5) is 11.4 Å². The monoisotopic (exact) mass is 394 g/mol. The summed E-state index contributed by atoms with van der Waals surface area (Å²) in [6.07, 6.45) is 0.760. The number of rotatable bonds is 7. The van der Waals surface area contributed by atoms with Gasteiger partial charge >= 0.3 is 0 Å². The zero-order valence-electron chi connectivity index (χ0n) is 16.5. The van der Waals surface area contributed by atoms with E-state index >= 15 is 0 Å². The van der Waals surface area contributed by atoms with E-state index in [9.17, 15) is 14.9 Å². The zero-order valence-corrected chi connectivity index (χ0v) is 16.5. The molecule has 29 heavy (non-hydrogen) atoms. The largest absolute Gasteiger partial charge is 0.497 e. The van der Waals surface area contributed by atoms with Gasteiger partial charge in [-0.05, 0) is 44.0 Å². The molecule has 3 rings (SSSR count). The molecular weight excluding hydrogens is 372 g/mol. The van der Waals surface area contributed by atoms with Gasteiger partial charge in [-0.25, -0.2) is 4.68 Å². The minimum absolute atomic E-state index is 0.0611. The molecule has 1 N–H and O–H groups in total. The highest BCUT2D eigenvalue weighted by Gasteiger charge is 2.15. The highest BCUT2D eigenvalue weighted by molar-refractivity contribution is 5.91. The molecular formula is C21H22N4O4. The Balaban J connectivity index is 1.71. The van der Waals surface area contributed by atoms with Crippen molar-refractivity contribution < 1.29 is 14.5 Å². The third-order valence-corrected chi connectivity index (χ3v) is 4.68. The number of carbonyl (C=O) groups is 1. The molecule has 0 aliphatic heterocycles. The number of nitrogens with one attached hydrogen (secondary N) is 1. The number of ether oxygens (including phenoxy) is 1. The molecule has 0 unspecified atom stereocenters. The van der Waals surface area contributed by atoms with Gasteiger partial charge in [0.15, 0.2) is 0 Å². The molecule has 8 nitrogen and oxygen atoms in total. The summed E-state index contributed by atoms with van der Waals surface area (Å²) < 4.78 is 7.11. The molecule has 0 saturated carbocycles. The first-order valence-corrected chi connectivity index (χ1v) is 9.13. The number of benzene rings is 2. The Labute approximate surface area is 168 Å². The lowest BCUT2D eigenvalue weighted by molar-refractivity contribution is -0.384. The van der Waals surface area contributed by atoms with E-state index in [2.05, 4.69) is 10.4 Å². The zero-order chi connectivity index (χ0) is 21.0. The van der Waals surface area contributed by atoms with Gasteiger partial charge in [0.25, 0.3) is 5.69 Å². The number of amides is 1. The number of hydrogen-bond donors (Lipinski definition) is 1. The van der Waals surface area contributed by atoms with E-state index in [1.807, 2.05) is 42.8 Å². The predicted molar refractivity (Wildman–Crippen MR) is 110 cm³/mol. The van der Waals surface area contributed by atoms with Crippen molar-refractivity contribution in [3.05, 3.63) is 75.6 Å². The molecule has 8 heteroatoms. The van der Waals surface area contributed by atoms with Crippen LogP contribution in [0, 0.1) is 24.0 Å². The molecule has 0 spiro atoms. The predicted octanol–water partition coefficient (Wildman–Crippen LogP) is 3.98. The second-order valence-corrected chi connectivity index (χ2v) is 6.62. The molecule has 0 aliphatic rings. The molecule has 2 aromatic carbocycles. The average Bonchev–Trinajstić information content (AvgIpc) is 3.00. The van der Waals surface area contributed by atoms with Crippen molar-refractivity contribution in [2.45, 2.75) is 26.7 Å². The van der Waals surface area contributed by atoms with E-state index in [1.54, 1.807) is 19.2 Å². The number of nitrogens with zero attached hydrogens (tertiary/aromatic N) is 3. The van der Waals surface area contributed by atoms with Crippen molar-refractivity contribution in [3.8, 4) is 11.4 Å². The molecule has 3 aromatic rings. The normalized spacial score (nSPS) is 10.6. The second kappa shape index (κ2) is 8.55. The smallest absolute Gasteiger partial charge is 0.271 e. The maximum Gasteiger partial charge on any atom is 0.271 e. The highest BCUT2D eigenvalue weighted by atomic mass is 16.6. The Kier molecular flexibility index (Phi) is 5.92. The summed E-state index contributed by atoms with van der Waals surface area (Å²) in [6, 6.07) is 13.5. The molecule has 1 heterocycles. The van der Waals surface area contributed by atoms with Crippen LogP contribution in [0.1, 0.15) is 23.4 Å². The lowest BCUT2D eigenvalue weighted by atomic mass is 10.1. The molecule has 0 fully saturated rings. The first-order chi connectivity index (χ1) is 13.9. The summed E-state index contributed by atoms with van der Waals surface area (Å²) in [5.41, 5.74) is 4.05. The quantitative estimate of drug-likeness (QED) is 0.483. The summed E-state index contributed by atoms with van der Waals surface area (Å²) in [6.45, 7) is 3.88. The first kappa shape index (κ1) is 20.1. The van der Waals surface area contributed by atoms with Crippen LogP contribution in [0.15, 0.2) is 48.5 Å². The van der Waals surface area contributed by atoms with Gasteiger partial charge < -0.3 is 10.1 Å². The number of hydrogen-bond acceptors (Lipinski definition) is 5. The van der Waals surface area contributed by atoms with Crippen LogP contribution in [0.5, 0.6) is 5.75 Å². The fraction of sp³-hybridized carbons (Fsp3) is 0.238. The van der Waals surface area contributed by atoms with Crippen LogP contribution >= 0.6 is 0 Å². The van der Waals surface area contributed by atoms with Crippen LogP contribution in [0.3, 0.4) is 0 Å². The SMILES string of the molecule is COc1cccc(-n2nc(C)c(CCC(=O)Nc3cccc([N+](=O)[O-])c3)c2C)c1. The average molecular weight is 394 g/mol. The number of methoxy groups -OCH3 is 1. The van der Waals surface area contributed by atoms with Gasteiger partial charge in [0.2, 0.25) is 5.91 Å². The van der Waals surface area contributed by atoms with Crippen molar-refractivity contribution in [2.24, 2.45) is 0 Å². The molecule has 1 amide bonds. The Hall–Kier alpha value is -3.68. The summed E-state index contributed by atoms with van der Waals surface area (Å²) in [5.74, 6) is 0.534. The van der Waals surface area contributed by atoms with Gasteiger partial charge in [0, 0.05) is 36.0 Å². The van der Waals surface area contributed by atoms with Gasteiger partial charge in [0.1, 0.15) is 5.75 Å².